The van der Waals surface area contributed by atoms with E-state index >= 15 is 0 Å². The third kappa shape index (κ3) is 3.06. The largest absolute Gasteiger partial charge is 0.392 e. The fourth-order valence-electron chi connectivity index (χ4n) is 1.43. The molecule has 0 spiro atoms. The Hall–Kier alpha value is -1.88. The first kappa shape index (κ1) is 12.2. The Labute approximate surface area is 94.0 Å². The highest BCUT2D eigenvalue weighted by molar-refractivity contribution is 5.83. The Bertz CT molecular complexity index is 427. The number of aryl methyl sites for hydroxylation is 1. The highest BCUT2D eigenvalue weighted by Gasteiger charge is 2.03. The number of benzene rings is 1. The lowest BCUT2D eigenvalue weighted by Gasteiger charge is -2.07. The third-order valence-corrected chi connectivity index (χ3v) is 2.25. The van der Waals surface area contributed by atoms with Gasteiger partial charge in [-0.2, -0.15) is 5.10 Å². The van der Waals surface area contributed by atoms with Crippen LogP contribution in [0, 0.1) is 13.8 Å². The Morgan fingerprint density at radius 1 is 1.56 bits per heavy atom. The number of hydrazone groups is 1. The number of rotatable bonds is 3. The first-order chi connectivity index (χ1) is 7.54. The van der Waals surface area contributed by atoms with Gasteiger partial charge >= 0.3 is 6.03 Å². The highest BCUT2D eigenvalue weighted by atomic mass is 16.3. The van der Waals surface area contributed by atoms with E-state index in [-0.39, 0.29) is 6.61 Å². The molecule has 0 heterocycles. The predicted octanol–water partition coefficient (Wildman–Crippen LogP) is 0.798. The van der Waals surface area contributed by atoms with Crippen LogP contribution in [0.1, 0.15) is 22.3 Å². The van der Waals surface area contributed by atoms with Crippen LogP contribution in [0.25, 0.3) is 0 Å². The second-order valence-electron chi connectivity index (χ2n) is 3.53. The summed E-state index contributed by atoms with van der Waals surface area (Å²) in [7, 11) is 0. The smallest absolute Gasteiger partial charge is 0.332 e. The van der Waals surface area contributed by atoms with E-state index in [0.29, 0.717) is 0 Å². The number of hydrogen-bond donors (Lipinski definition) is 3. The van der Waals surface area contributed by atoms with Gasteiger partial charge in [-0.15, -0.1) is 0 Å². The van der Waals surface area contributed by atoms with Crippen LogP contribution in [-0.4, -0.2) is 17.4 Å². The summed E-state index contributed by atoms with van der Waals surface area (Å²) in [5.74, 6) is 0. The number of amides is 2. The standard InChI is InChI=1S/C11H15N3O2/c1-7-3-9(5-13-14-11(12)16)8(2)10(4-7)6-15/h3-5,15H,6H2,1-2H3,(H3,12,14,16)/b13-5+. The van der Waals surface area contributed by atoms with E-state index in [1.165, 1.54) is 6.21 Å². The summed E-state index contributed by atoms with van der Waals surface area (Å²) in [5, 5.41) is 12.8. The average molecular weight is 221 g/mol. The molecular weight excluding hydrogens is 206 g/mol. The summed E-state index contributed by atoms with van der Waals surface area (Å²) in [6.45, 7) is 3.80. The summed E-state index contributed by atoms with van der Waals surface area (Å²) in [5.41, 5.74) is 10.7. The normalized spacial score (nSPS) is 10.7. The Balaban J connectivity index is 2.99. The third-order valence-electron chi connectivity index (χ3n) is 2.25. The lowest BCUT2D eigenvalue weighted by atomic mass is 10.0. The molecule has 4 N–H and O–H groups in total. The number of nitrogens with one attached hydrogen (secondary N) is 1. The summed E-state index contributed by atoms with van der Waals surface area (Å²) in [6.07, 6.45) is 1.51. The van der Waals surface area contributed by atoms with Crippen LogP contribution < -0.4 is 11.2 Å². The van der Waals surface area contributed by atoms with Gasteiger partial charge in [0.25, 0.3) is 0 Å². The molecule has 0 aliphatic rings. The number of aliphatic hydroxyl groups is 1. The number of hydrogen-bond acceptors (Lipinski definition) is 3. The van der Waals surface area contributed by atoms with E-state index in [4.69, 9.17) is 10.8 Å². The second kappa shape index (κ2) is 5.27. The van der Waals surface area contributed by atoms with Crippen molar-refractivity contribution in [2.24, 2.45) is 10.8 Å². The minimum absolute atomic E-state index is 0.0163. The molecule has 0 radical (unpaired) electrons. The number of carbonyl (C=O) groups is 1. The van der Waals surface area contributed by atoms with Crippen LogP contribution in [0.3, 0.4) is 0 Å². The highest BCUT2D eigenvalue weighted by Crippen LogP contribution is 2.15. The second-order valence-corrected chi connectivity index (χ2v) is 3.53. The van der Waals surface area contributed by atoms with Crippen molar-refractivity contribution in [1.82, 2.24) is 5.43 Å². The van der Waals surface area contributed by atoms with E-state index < -0.39 is 6.03 Å². The lowest BCUT2D eigenvalue weighted by molar-refractivity contribution is 0.249. The number of nitrogens with zero attached hydrogens (tertiary/aromatic N) is 1. The first-order valence-corrected chi connectivity index (χ1v) is 4.84. The molecule has 5 heteroatoms. The fraction of sp³-hybridized carbons (Fsp3) is 0.273. The maximum atomic E-state index is 10.4. The van der Waals surface area contributed by atoms with E-state index in [9.17, 15) is 4.79 Å². The van der Waals surface area contributed by atoms with Crippen molar-refractivity contribution in [3.8, 4) is 0 Å². The molecule has 5 nitrogen and oxygen atoms in total. The molecule has 1 aromatic carbocycles. The molecule has 0 saturated carbocycles. The molecule has 0 fully saturated rings. The molecule has 1 rings (SSSR count). The van der Waals surface area contributed by atoms with Crippen molar-refractivity contribution in [2.75, 3.05) is 0 Å². The first-order valence-electron chi connectivity index (χ1n) is 4.84. The Morgan fingerprint density at radius 3 is 2.81 bits per heavy atom. The van der Waals surface area contributed by atoms with Crippen molar-refractivity contribution in [1.29, 1.82) is 0 Å². The minimum atomic E-state index is -0.705. The maximum Gasteiger partial charge on any atom is 0.332 e. The molecule has 1 aromatic rings. The van der Waals surface area contributed by atoms with Crippen LogP contribution >= 0.6 is 0 Å². The quantitative estimate of drug-likeness (QED) is 0.520. The number of carbonyl (C=O) groups excluding carboxylic acids is 1. The van der Waals surface area contributed by atoms with E-state index in [1.807, 2.05) is 26.0 Å². The zero-order valence-corrected chi connectivity index (χ0v) is 9.32. The van der Waals surface area contributed by atoms with Gasteiger partial charge in [0.05, 0.1) is 12.8 Å². The van der Waals surface area contributed by atoms with Gasteiger partial charge in [0.15, 0.2) is 0 Å². The van der Waals surface area contributed by atoms with Crippen molar-refractivity contribution in [3.05, 3.63) is 34.4 Å². The Kier molecular flexibility index (Phi) is 4.02. The van der Waals surface area contributed by atoms with Gasteiger partial charge in [0, 0.05) is 0 Å². The molecule has 0 unspecified atom stereocenters. The number of nitrogens with two attached hydrogens (primary N) is 1. The van der Waals surface area contributed by atoms with Gasteiger partial charge in [-0.05, 0) is 30.5 Å². The molecule has 0 aliphatic carbocycles. The van der Waals surface area contributed by atoms with E-state index in [2.05, 4.69) is 10.5 Å². The van der Waals surface area contributed by atoms with Crippen LogP contribution in [0.4, 0.5) is 4.79 Å². The van der Waals surface area contributed by atoms with E-state index in [0.717, 1.165) is 22.3 Å². The van der Waals surface area contributed by atoms with Crippen molar-refractivity contribution < 1.29 is 9.90 Å². The fourth-order valence-corrected chi connectivity index (χ4v) is 1.43. The number of urea groups is 1. The molecule has 86 valence electrons. The molecule has 0 aliphatic heterocycles. The van der Waals surface area contributed by atoms with Gasteiger partial charge in [-0.1, -0.05) is 17.7 Å². The monoisotopic (exact) mass is 221 g/mol. The number of aliphatic hydroxyl groups excluding tert-OH is 1. The summed E-state index contributed by atoms with van der Waals surface area (Å²) < 4.78 is 0. The topological polar surface area (TPSA) is 87.7 Å². The van der Waals surface area contributed by atoms with Crippen molar-refractivity contribution in [2.45, 2.75) is 20.5 Å². The summed E-state index contributed by atoms with van der Waals surface area (Å²) in [6, 6.07) is 3.12. The summed E-state index contributed by atoms with van der Waals surface area (Å²) in [4.78, 5) is 10.4. The number of primary amides is 1. The SMILES string of the molecule is Cc1cc(/C=N/NC(N)=O)c(C)c(CO)c1. The molecule has 0 saturated heterocycles. The van der Waals surface area contributed by atoms with Gasteiger partial charge in [-0.3, -0.25) is 0 Å². The Morgan fingerprint density at radius 2 is 2.25 bits per heavy atom. The molecule has 0 bridgehead atoms. The molecular formula is C11H15N3O2. The van der Waals surface area contributed by atoms with Gasteiger partial charge < -0.3 is 10.8 Å². The zero-order chi connectivity index (χ0) is 12.1. The minimum Gasteiger partial charge on any atom is -0.392 e. The average Bonchev–Trinajstić information content (AvgIpc) is 2.22. The van der Waals surface area contributed by atoms with Crippen LogP contribution in [0.15, 0.2) is 17.2 Å². The zero-order valence-electron chi connectivity index (χ0n) is 9.32. The molecule has 2 amide bonds. The molecule has 0 aromatic heterocycles. The molecule has 16 heavy (non-hydrogen) atoms. The predicted molar refractivity (Wildman–Crippen MR) is 62.2 cm³/mol. The van der Waals surface area contributed by atoms with Gasteiger partial charge in [0.1, 0.15) is 0 Å². The van der Waals surface area contributed by atoms with Gasteiger partial charge in [-0.25, -0.2) is 10.2 Å². The maximum absolute atomic E-state index is 10.4. The molecule has 0 atom stereocenters. The van der Waals surface area contributed by atoms with Crippen LogP contribution in [0.5, 0.6) is 0 Å². The van der Waals surface area contributed by atoms with E-state index in [1.54, 1.807) is 0 Å². The lowest BCUT2D eigenvalue weighted by Crippen LogP contribution is -2.24. The van der Waals surface area contributed by atoms with Crippen molar-refractivity contribution >= 4 is 12.2 Å². The van der Waals surface area contributed by atoms with Crippen molar-refractivity contribution in [3.63, 3.8) is 0 Å². The van der Waals surface area contributed by atoms with Gasteiger partial charge in [0.2, 0.25) is 0 Å². The summed E-state index contributed by atoms with van der Waals surface area (Å²) >= 11 is 0. The van der Waals surface area contributed by atoms with Crippen LogP contribution in [0.2, 0.25) is 0 Å². The van der Waals surface area contributed by atoms with Crippen LogP contribution in [-0.2, 0) is 6.61 Å².